The number of benzene rings is 2. The van der Waals surface area contributed by atoms with Crippen LogP contribution >= 0.6 is 11.3 Å². The van der Waals surface area contributed by atoms with Crippen molar-refractivity contribution in [1.29, 1.82) is 0 Å². The predicted molar refractivity (Wildman–Crippen MR) is 102 cm³/mol. The molecule has 1 saturated heterocycles. The zero-order valence-electron chi connectivity index (χ0n) is 14.2. The second kappa shape index (κ2) is 6.49. The van der Waals surface area contributed by atoms with Crippen LogP contribution in [-0.4, -0.2) is 22.2 Å². The Balaban J connectivity index is 1.76. The Morgan fingerprint density at radius 1 is 1.31 bits per heavy atom. The molecule has 0 saturated carbocycles. The molecule has 3 aromatic rings. The van der Waals surface area contributed by atoms with Gasteiger partial charge < -0.3 is 4.90 Å². The number of aromatic nitrogens is 1. The van der Waals surface area contributed by atoms with Gasteiger partial charge in [-0.1, -0.05) is 12.1 Å². The number of Topliss-reactive ketones (excluding diaryl/α,β-unsaturated/α-hetero) is 1. The summed E-state index contributed by atoms with van der Waals surface area (Å²) in [5, 5.41) is 12.6. The Hall–Kier alpha value is -2.80. The summed E-state index contributed by atoms with van der Waals surface area (Å²) < 4.78 is 1.12. The quantitative estimate of drug-likeness (QED) is 0.378. The number of nitro benzene ring substituents is 1. The molecule has 6 nitrogen and oxygen atoms in total. The maximum Gasteiger partial charge on any atom is 0.293 e. The number of nitrogens with zero attached hydrogens (tertiary/aromatic N) is 3. The highest BCUT2D eigenvalue weighted by atomic mass is 32.1. The minimum absolute atomic E-state index is 0.0225. The van der Waals surface area contributed by atoms with Gasteiger partial charge in [0.2, 0.25) is 0 Å². The Bertz CT molecular complexity index is 981. The zero-order chi connectivity index (χ0) is 18.3. The fourth-order valence-corrected chi connectivity index (χ4v) is 4.59. The first kappa shape index (κ1) is 16.7. The maximum atomic E-state index is 11.6. The van der Waals surface area contributed by atoms with Crippen molar-refractivity contribution in [2.75, 3.05) is 11.4 Å². The number of para-hydroxylation sites is 1. The van der Waals surface area contributed by atoms with Gasteiger partial charge >= 0.3 is 0 Å². The fourth-order valence-electron chi connectivity index (χ4n) is 3.48. The maximum absolute atomic E-state index is 11.6. The van der Waals surface area contributed by atoms with Gasteiger partial charge in [-0.05, 0) is 44.0 Å². The van der Waals surface area contributed by atoms with Gasteiger partial charge in [0.25, 0.3) is 5.69 Å². The first-order chi connectivity index (χ1) is 12.5. The summed E-state index contributed by atoms with van der Waals surface area (Å²) in [5.74, 6) is -0.177. The molecule has 0 N–H and O–H groups in total. The molecule has 0 radical (unpaired) electrons. The molecule has 1 atom stereocenters. The molecular weight excluding hydrogens is 350 g/mol. The second-order valence-corrected chi connectivity index (χ2v) is 7.45. The van der Waals surface area contributed by atoms with E-state index in [0.717, 1.165) is 34.6 Å². The summed E-state index contributed by atoms with van der Waals surface area (Å²) in [6.45, 7) is 2.15. The lowest BCUT2D eigenvalue weighted by atomic mass is 10.1. The van der Waals surface area contributed by atoms with Crippen molar-refractivity contribution in [1.82, 2.24) is 4.98 Å². The van der Waals surface area contributed by atoms with Crippen LogP contribution < -0.4 is 4.90 Å². The molecular formula is C19H17N3O3S. The second-order valence-electron chi connectivity index (χ2n) is 6.39. The number of nitro groups is 1. The van der Waals surface area contributed by atoms with Crippen molar-refractivity contribution in [3.63, 3.8) is 0 Å². The molecule has 0 amide bonds. The van der Waals surface area contributed by atoms with Gasteiger partial charge in [0.1, 0.15) is 10.7 Å². The summed E-state index contributed by atoms with van der Waals surface area (Å²) >= 11 is 1.64. The van der Waals surface area contributed by atoms with E-state index in [1.165, 1.54) is 13.0 Å². The monoisotopic (exact) mass is 367 g/mol. The van der Waals surface area contributed by atoms with Crippen molar-refractivity contribution < 1.29 is 9.72 Å². The van der Waals surface area contributed by atoms with Crippen LogP contribution in [0.4, 0.5) is 11.4 Å². The Kier molecular flexibility index (Phi) is 4.16. The summed E-state index contributed by atoms with van der Waals surface area (Å²) in [7, 11) is 0. The Morgan fingerprint density at radius 2 is 2.12 bits per heavy atom. The molecule has 7 heteroatoms. The van der Waals surface area contributed by atoms with Gasteiger partial charge in [0.05, 0.1) is 21.2 Å². The van der Waals surface area contributed by atoms with E-state index in [9.17, 15) is 14.9 Å². The molecule has 2 heterocycles. The first-order valence-electron chi connectivity index (χ1n) is 8.46. The van der Waals surface area contributed by atoms with Gasteiger partial charge in [0, 0.05) is 18.2 Å². The number of hydrogen-bond acceptors (Lipinski definition) is 6. The number of carbonyl (C=O) groups is 1. The van der Waals surface area contributed by atoms with E-state index in [-0.39, 0.29) is 17.5 Å². The zero-order valence-corrected chi connectivity index (χ0v) is 15.0. The lowest BCUT2D eigenvalue weighted by Gasteiger charge is -2.25. The molecule has 0 aliphatic carbocycles. The standard InChI is InChI=1S/C19H17N3O3S/c1-12(23)13-8-9-15(17(11-13)22(24)25)21-10-4-6-16(21)19-20-14-5-2-3-7-18(14)26-19/h2-3,5,7-9,11,16H,4,6,10H2,1H3/t16-/m1/s1. The van der Waals surface area contributed by atoms with Crippen LogP contribution in [-0.2, 0) is 0 Å². The Labute approximate surface area is 154 Å². The largest absolute Gasteiger partial charge is 0.357 e. The average Bonchev–Trinajstić information content (AvgIpc) is 3.27. The number of anilines is 1. The number of fused-ring (bicyclic) bond motifs is 1. The first-order valence-corrected chi connectivity index (χ1v) is 9.28. The minimum atomic E-state index is -0.407. The molecule has 2 aromatic carbocycles. The third-order valence-corrected chi connectivity index (χ3v) is 5.87. The smallest absolute Gasteiger partial charge is 0.293 e. The van der Waals surface area contributed by atoms with Crippen LogP contribution in [0.15, 0.2) is 42.5 Å². The number of carbonyl (C=O) groups excluding carboxylic acids is 1. The van der Waals surface area contributed by atoms with E-state index < -0.39 is 4.92 Å². The molecule has 132 valence electrons. The van der Waals surface area contributed by atoms with Gasteiger partial charge in [-0.25, -0.2) is 4.98 Å². The normalized spacial score (nSPS) is 17.0. The van der Waals surface area contributed by atoms with Crippen LogP contribution in [0.2, 0.25) is 0 Å². The van der Waals surface area contributed by atoms with Crippen molar-refractivity contribution in [3.8, 4) is 0 Å². The van der Waals surface area contributed by atoms with Gasteiger partial charge in [-0.3, -0.25) is 14.9 Å². The molecule has 0 spiro atoms. The van der Waals surface area contributed by atoms with E-state index in [2.05, 4.69) is 4.90 Å². The van der Waals surface area contributed by atoms with Gasteiger partial charge in [-0.2, -0.15) is 0 Å². The molecule has 0 unspecified atom stereocenters. The molecule has 0 bridgehead atoms. The molecule has 26 heavy (non-hydrogen) atoms. The SMILES string of the molecule is CC(=O)c1ccc(N2CCC[C@@H]2c2nc3ccccc3s2)c([N+](=O)[O-])c1. The molecule has 4 rings (SSSR count). The number of thiazole rings is 1. The number of hydrogen-bond donors (Lipinski definition) is 0. The van der Waals surface area contributed by atoms with Gasteiger partial charge in [-0.15, -0.1) is 11.3 Å². The predicted octanol–water partition coefficient (Wildman–Crippen LogP) is 4.75. The summed E-state index contributed by atoms with van der Waals surface area (Å²) in [5.41, 5.74) is 1.85. The van der Waals surface area contributed by atoms with Crippen LogP contribution in [0.3, 0.4) is 0 Å². The molecule has 1 aromatic heterocycles. The third-order valence-electron chi connectivity index (χ3n) is 4.74. The van der Waals surface area contributed by atoms with E-state index in [1.807, 2.05) is 24.3 Å². The fraction of sp³-hybridized carbons (Fsp3) is 0.263. The van der Waals surface area contributed by atoms with Crippen molar-refractivity contribution in [2.45, 2.75) is 25.8 Å². The lowest BCUT2D eigenvalue weighted by molar-refractivity contribution is -0.384. The van der Waals surface area contributed by atoms with E-state index in [4.69, 9.17) is 4.98 Å². The summed E-state index contributed by atoms with van der Waals surface area (Å²) in [6.07, 6.45) is 1.86. The average molecular weight is 367 g/mol. The third kappa shape index (κ3) is 2.84. The van der Waals surface area contributed by atoms with Crippen LogP contribution in [0.25, 0.3) is 10.2 Å². The molecule has 1 aliphatic rings. The van der Waals surface area contributed by atoms with Crippen LogP contribution in [0.5, 0.6) is 0 Å². The highest BCUT2D eigenvalue weighted by Gasteiger charge is 2.33. The van der Waals surface area contributed by atoms with Gasteiger partial charge in [0.15, 0.2) is 5.78 Å². The Morgan fingerprint density at radius 3 is 2.85 bits per heavy atom. The van der Waals surface area contributed by atoms with Crippen molar-refractivity contribution in [2.24, 2.45) is 0 Å². The van der Waals surface area contributed by atoms with E-state index in [0.29, 0.717) is 11.3 Å². The minimum Gasteiger partial charge on any atom is -0.357 e. The van der Waals surface area contributed by atoms with Crippen LogP contribution in [0.1, 0.15) is 41.2 Å². The van der Waals surface area contributed by atoms with Crippen molar-refractivity contribution >= 4 is 38.7 Å². The molecule has 1 aliphatic heterocycles. The summed E-state index contributed by atoms with van der Waals surface area (Å²) in [4.78, 5) is 29.6. The topological polar surface area (TPSA) is 76.3 Å². The highest BCUT2D eigenvalue weighted by molar-refractivity contribution is 7.18. The summed E-state index contributed by atoms with van der Waals surface area (Å²) in [6, 6.07) is 12.7. The molecule has 1 fully saturated rings. The lowest BCUT2D eigenvalue weighted by Crippen LogP contribution is -2.23. The number of rotatable bonds is 4. The van der Waals surface area contributed by atoms with Crippen molar-refractivity contribution in [3.05, 3.63) is 63.1 Å². The number of ketones is 1. The van der Waals surface area contributed by atoms with E-state index >= 15 is 0 Å². The van der Waals surface area contributed by atoms with E-state index in [1.54, 1.807) is 23.5 Å². The van der Waals surface area contributed by atoms with Crippen LogP contribution in [0, 0.1) is 10.1 Å². The highest BCUT2D eigenvalue weighted by Crippen LogP contribution is 2.42.